The Morgan fingerprint density at radius 1 is 0.442 bits per heavy atom. The molecule has 200 valence electrons. The first-order chi connectivity index (χ1) is 21.3. The Morgan fingerprint density at radius 2 is 1.16 bits per heavy atom. The summed E-state index contributed by atoms with van der Waals surface area (Å²) >= 11 is 0. The number of benzene rings is 6. The molecule has 0 saturated carbocycles. The zero-order chi connectivity index (χ0) is 28.3. The van der Waals surface area contributed by atoms with Crippen molar-refractivity contribution in [3.8, 4) is 28.2 Å². The molecule has 0 radical (unpaired) electrons. The van der Waals surface area contributed by atoms with Crippen molar-refractivity contribution in [1.29, 1.82) is 0 Å². The van der Waals surface area contributed by atoms with E-state index in [0.29, 0.717) is 0 Å². The highest BCUT2D eigenvalue weighted by Gasteiger charge is 2.19. The SMILES string of the molecule is c1ccc(-c2nc3ccccc3c3c2ccc2c4ccccc4n(-c4cccc(-c5ccc6ccccc6n5)c4)c23)cc1. The van der Waals surface area contributed by atoms with Crippen molar-refractivity contribution >= 4 is 54.4 Å². The number of hydrogen-bond donors (Lipinski definition) is 0. The molecule has 3 heterocycles. The Morgan fingerprint density at radius 3 is 2.07 bits per heavy atom. The van der Waals surface area contributed by atoms with Crippen LogP contribution in [0.4, 0.5) is 0 Å². The third-order valence-corrected chi connectivity index (χ3v) is 8.54. The van der Waals surface area contributed by atoms with Crippen molar-refractivity contribution in [1.82, 2.24) is 14.5 Å². The number of pyridine rings is 2. The van der Waals surface area contributed by atoms with Gasteiger partial charge >= 0.3 is 0 Å². The van der Waals surface area contributed by atoms with E-state index in [-0.39, 0.29) is 0 Å². The normalized spacial score (nSPS) is 11.7. The van der Waals surface area contributed by atoms with Gasteiger partial charge in [0.25, 0.3) is 0 Å². The summed E-state index contributed by atoms with van der Waals surface area (Å²) in [6, 6.07) is 53.6. The molecule has 0 saturated heterocycles. The van der Waals surface area contributed by atoms with Gasteiger partial charge in [-0.1, -0.05) is 115 Å². The summed E-state index contributed by atoms with van der Waals surface area (Å²) in [5.74, 6) is 0. The first-order valence-electron chi connectivity index (χ1n) is 14.6. The van der Waals surface area contributed by atoms with Gasteiger partial charge in [-0.25, -0.2) is 9.97 Å². The smallest absolute Gasteiger partial charge is 0.0788 e. The van der Waals surface area contributed by atoms with Gasteiger partial charge in [0.1, 0.15) is 0 Å². The number of aromatic nitrogens is 3. The standard InChI is InChI=1S/C40H25N3/c1-2-12-27(13-3-1)39-33-23-22-31-30-16-6-9-20-37(30)43(40(31)38(33)32-17-5-8-19-36(32)42-39)29-15-10-14-28(25-29)35-24-21-26-11-4-7-18-34(26)41-35/h1-25H. The molecule has 0 unspecified atom stereocenters. The first-order valence-corrected chi connectivity index (χ1v) is 14.6. The summed E-state index contributed by atoms with van der Waals surface area (Å²) in [7, 11) is 0. The van der Waals surface area contributed by atoms with E-state index in [2.05, 4.69) is 150 Å². The monoisotopic (exact) mass is 547 g/mol. The molecule has 0 spiro atoms. The fourth-order valence-corrected chi connectivity index (χ4v) is 6.61. The highest BCUT2D eigenvalue weighted by atomic mass is 15.0. The van der Waals surface area contributed by atoms with E-state index >= 15 is 0 Å². The van der Waals surface area contributed by atoms with Crippen LogP contribution >= 0.6 is 0 Å². The van der Waals surface area contributed by atoms with Gasteiger partial charge in [0.2, 0.25) is 0 Å². The van der Waals surface area contributed by atoms with Crippen LogP contribution in [0.15, 0.2) is 152 Å². The van der Waals surface area contributed by atoms with Crippen LogP contribution in [0, 0.1) is 0 Å². The Labute approximate surface area is 248 Å². The molecule has 9 rings (SSSR count). The molecule has 6 aromatic carbocycles. The fraction of sp³-hybridized carbons (Fsp3) is 0. The summed E-state index contributed by atoms with van der Waals surface area (Å²) in [6.07, 6.45) is 0. The third kappa shape index (κ3) is 3.68. The highest BCUT2D eigenvalue weighted by molar-refractivity contribution is 6.26. The summed E-state index contributed by atoms with van der Waals surface area (Å²) in [5.41, 5.74) is 9.64. The molecule has 3 heteroatoms. The van der Waals surface area contributed by atoms with E-state index in [4.69, 9.17) is 9.97 Å². The average Bonchev–Trinajstić information content (AvgIpc) is 3.42. The number of para-hydroxylation sites is 3. The quantitative estimate of drug-likeness (QED) is 0.206. The zero-order valence-electron chi connectivity index (χ0n) is 23.3. The lowest BCUT2D eigenvalue weighted by Gasteiger charge is -2.15. The summed E-state index contributed by atoms with van der Waals surface area (Å²) < 4.78 is 2.43. The number of nitrogens with zero attached hydrogens (tertiary/aromatic N) is 3. The second-order valence-electron chi connectivity index (χ2n) is 11.0. The molecule has 0 aliphatic rings. The molecule has 9 aromatic rings. The predicted octanol–water partition coefficient (Wildman–Crippen LogP) is 10.4. The average molecular weight is 548 g/mol. The molecule has 0 aliphatic carbocycles. The second-order valence-corrected chi connectivity index (χ2v) is 11.0. The van der Waals surface area contributed by atoms with Gasteiger partial charge in [0, 0.05) is 49.1 Å². The third-order valence-electron chi connectivity index (χ3n) is 8.54. The maximum atomic E-state index is 5.20. The molecule has 0 N–H and O–H groups in total. The van der Waals surface area contributed by atoms with Crippen LogP contribution in [0.5, 0.6) is 0 Å². The maximum Gasteiger partial charge on any atom is 0.0788 e. The molecule has 0 atom stereocenters. The lowest BCUT2D eigenvalue weighted by molar-refractivity contribution is 1.19. The van der Waals surface area contributed by atoms with Crippen molar-refractivity contribution < 1.29 is 0 Å². The van der Waals surface area contributed by atoms with Crippen LogP contribution in [0.1, 0.15) is 0 Å². The molecule has 43 heavy (non-hydrogen) atoms. The lowest BCUT2D eigenvalue weighted by Crippen LogP contribution is -1.97. The topological polar surface area (TPSA) is 30.7 Å². The molecular formula is C40H25N3. The van der Waals surface area contributed by atoms with Gasteiger partial charge in [0.15, 0.2) is 0 Å². The van der Waals surface area contributed by atoms with E-state index in [1.165, 1.54) is 27.2 Å². The van der Waals surface area contributed by atoms with Crippen LogP contribution in [-0.2, 0) is 0 Å². The largest absolute Gasteiger partial charge is 0.309 e. The van der Waals surface area contributed by atoms with E-state index in [9.17, 15) is 0 Å². The maximum absolute atomic E-state index is 5.20. The predicted molar refractivity (Wildman–Crippen MR) is 180 cm³/mol. The molecule has 3 aromatic heterocycles. The van der Waals surface area contributed by atoms with Crippen molar-refractivity contribution in [2.24, 2.45) is 0 Å². The van der Waals surface area contributed by atoms with Crippen LogP contribution in [0.3, 0.4) is 0 Å². The molecule has 0 bridgehead atoms. The van der Waals surface area contributed by atoms with Crippen molar-refractivity contribution in [2.45, 2.75) is 0 Å². The van der Waals surface area contributed by atoms with Gasteiger partial charge in [-0.05, 0) is 36.4 Å². The van der Waals surface area contributed by atoms with Crippen molar-refractivity contribution in [3.05, 3.63) is 152 Å². The Kier molecular flexibility index (Phi) is 5.20. The highest BCUT2D eigenvalue weighted by Crippen LogP contribution is 2.42. The van der Waals surface area contributed by atoms with E-state index in [0.717, 1.165) is 55.4 Å². The molecule has 0 amide bonds. The minimum atomic E-state index is 0.965. The van der Waals surface area contributed by atoms with Gasteiger partial charge in [-0.2, -0.15) is 0 Å². The Hall–Kier alpha value is -5.80. The van der Waals surface area contributed by atoms with Crippen LogP contribution in [0.2, 0.25) is 0 Å². The van der Waals surface area contributed by atoms with Crippen LogP contribution < -0.4 is 0 Å². The number of fused-ring (bicyclic) bond motifs is 8. The van der Waals surface area contributed by atoms with Gasteiger partial charge in [0.05, 0.1) is 33.5 Å². The molecular weight excluding hydrogens is 522 g/mol. The van der Waals surface area contributed by atoms with Crippen LogP contribution in [0.25, 0.3) is 82.6 Å². The van der Waals surface area contributed by atoms with E-state index < -0.39 is 0 Å². The Bertz CT molecular complexity index is 2510. The minimum absolute atomic E-state index is 0.965. The molecule has 3 nitrogen and oxygen atoms in total. The van der Waals surface area contributed by atoms with Gasteiger partial charge in [-0.3, -0.25) is 0 Å². The summed E-state index contributed by atoms with van der Waals surface area (Å²) in [5, 5.41) is 7.12. The summed E-state index contributed by atoms with van der Waals surface area (Å²) in [6.45, 7) is 0. The Balaban J connectivity index is 1.40. The van der Waals surface area contributed by atoms with Crippen LogP contribution in [-0.4, -0.2) is 14.5 Å². The van der Waals surface area contributed by atoms with E-state index in [1.807, 2.05) is 6.07 Å². The molecule has 0 aliphatic heterocycles. The number of rotatable bonds is 3. The first kappa shape index (κ1) is 23.9. The van der Waals surface area contributed by atoms with Crippen molar-refractivity contribution in [3.63, 3.8) is 0 Å². The van der Waals surface area contributed by atoms with E-state index in [1.54, 1.807) is 0 Å². The number of hydrogen-bond acceptors (Lipinski definition) is 2. The minimum Gasteiger partial charge on any atom is -0.309 e. The summed E-state index contributed by atoms with van der Waals surface area (Å²) in [4.78, 5) is 10.2. The zero-order valence-corrected chi connectivity index (χ0v) is 23.3. The fourth-order valence-electron chi connectivity index (χ4n) is 6.61. The lowest BCUT2D eigenvalue weighted by atomic mass is 9.97. The second kappa shape index (κ2) is 9.37. The van der Waals surface area contributed by atoms with Crippen molar-refractivity contribution in [2.75, 3.05) is 0 Å². The van der Waals surface area contributed by atoms with Gasteiger partial charge in [-0.15, -0.1) is 0 Å². The van der Waals surface area contributed by atoms with Gasteiger partial charge < -0.3 is 4.57 Å². The molecule has 0 fully saturated rings.